The quantitative estimate of drug-likeness (QED) is 0.383. The van der Waals surface area contributed by atoms with Crippen molar-refractivity contribution in [3.63, 3.8) is 0 Å². The molecule has 9 heteroatoms. The van der Waals surface area contributed by atoms with Crippen LogP contribution in [-0.2, 0) is 22.6 Å². The summed E-state index contributed by atoms with van der Waals surface area (Å²) in [5.41, 5.74) is -0.0219. The fourth-order valence-electron chi connectivity index (χ4n) is 3.93. The van der Waals surface area contributed by atoms with Crippen LogP contribution in [0.15, 0.2) is 88.6 Å². The maximum atomic E-state index is 13.4. The van der Waals surface area contributed by atoms with Crippen molar-refractivity contribution >= 4 is 20.9 Å². The van der Waals surface area contributed by atoms with E-state index in [0.29, 0.717) is 17.6 Å². The number of halogens is 3. The Morgan fingerprint density at radius 2 is 1.53 bits per heavy atom. The molecule has 3 aromatic carbocycles. The molecule has 1 atom stereocenters. The number of rotatable bonds is 6. The zero-order chi connectivity index (χ0) is 24.5. The van der Waals surface area contributed by atoms with E-state index in [9.17, 15) is 26.4 Å². The van der Waals surface area contributed by atoms with E-state index in [-0.39, 0.29) is 16.2 Å². The van der Waals surface area contributed by atoms with E-state index in [1.165, 1.54) is 28.8 Å². The number of aryl methyl sites for hydroxylation is 1. The number of alkyl halides is 3. The number of sulfone groups is 1. The summed E-state index contributed by atoms with van der Waals surface area (Å²) in [5, 5.41) is 0. The second-order valence-electron chi connectivity index (χ2n) is 7.80. The van der Waals surface area contributed by atoms with E-state index in [2.05, 4.69) is 4.98 Å². The van der Waals surface area contributed by atoms with Crippen LogP contribution >= 0.6 is 0 Å². The highest BCUT2D eigenvalue weighted by Gasteiger charge is 2.32. The van der Waals surface area contributed by atoms with Crippen LogP contribution in [0.1, 0.15) is 29.7 Å². The highest BCUT2D eigenvalue weighted by molar-refractivity contribution is 7.91. The smallest absolute Gasteiger partial charge is 0.305 e. The van der Waals surface area contributed by atoms with E-state index in [0.717, 1.165) is 12.1 Å². The number of benzene rings is 3. The van der Waals surface area contributed by atoms with Gasteiger partial charge in [0.25, 0.3) is 5.56 Å². The van der Waals surface area contributed by atoms with Gasteiger partial charge < -0.3 is 4.57 Å². The SMILES string of the molecule is CCn1c(=O)c(C(CS(=O)(=O)c2ccccc2)c2ccc(C(F)(F)F)cc2)nc2ccccc21. The summed E-state index contributed by atoms with van der Waals surface area (Å²) in [4.78, 5) is 18.0. The van der Waals surface area contributed by atoms with Gasteiger partial charge in [0.05, 0.1) is 27.2 Å². The van der Waals surface area contributed by atoms with E-state index in [1.54, 1.807) is 49.4 Å². The van der Waals surface area contributed by atoms with Crippen molar-refractivity contribution in [2.75, 3.05) is 5.75 Å². The Kier molecular flexibility index (Phi) is 6.31. The Morgan fingerprint density at radius 3 is 2.15 bits per heavy atom. The molecule has 0 bridgehead atoms. The number of fused-ring (bicyclic) bond motifs is 1. The van der Waals surface area contributed by atoms with Crippen molar-refractivity contribution in [1.82, 2.24) is 9.55 Å². The fourth-order valence-corrected chi connectivity index (χ4v) is 5.49. The molecular weight excluding hydrogens is 465 g/mol. The maximum Gasteiger partial charge on any atom is 0.416 e. The summed E-state index contributed by atoms with van der Waals surface area (Å²) in [6.45, 7) is 2.10. The Morgan fingerprint density at radius 1 is 0.912 bits per heavy atom. The van der Waals surface area contributed by atoms with Crippen molar-refractivity contribution in [3.05, 3.63) is 106 Å². The number of aromatic nitrogens is 2. The topological polar surface area (TPSA) is 69.0 Å². The summed E-state index contributed by atoms with van der Waals surface area (Å²) in [6.07, 6.45) is -4.54. The second kappa shape index (κ2) is 9.06. The molecule has 4 aromatic rings. The first-order valence-corrected chi connectivity index (χ1v) is 12.2. The minimum atomic E-state index is -4.54. The van der Waals surface area contributed by atoms with Crippen LogP contribution in [0.3, 0.4) is 0 Å². The molecule has 0 spiro atoms. The average Bonchev–Trinajstić information content (AvgIpc) is 2.82. The van der Waals surface area contributed by atoms with E-state index >= 15 is 0 Å². The molecule has 0 saturated carbocycles. The summed E-state index contributed by atoms with van der Waals surface area (Å²) < 4.78 is 67.3. The molecule has 0 fully saturated rings. The lowest BCUT2D eigenvalue weighted by Gasteiger charge is -2.20. The standard InChI is InChI=1S/C25H21F3N2O3S/c1-2-30-22-11-7-6-10-21(22)29-23(24(30)31)20(16-34(32,33)19-8-4-3-5-9-19)17-12-14-18(15-13-17)25(26,27)28/h3-15,20H,2,16H2,1H3. The molecule has 0 N–H and O–H groups in total. The Bertz CT molecular complexity index is 1480. The van der Waals surface area contributed by atoms with Crippen molar-refractivity contribution in [2.24, 2.45) is 0 Å². The molecular formula is C25H21F3N2O3S. The molecule has 0 aliphatic rings. The largest absolute Gasteiger partial charge is 0.416 e. The molecule has 0 amide bonds. The molecule has 0 radical (unpaired) electrons. The zero-order valence-electron chi connectivity index (χ0n) is 18.2. The Labute approximate surface area is 194 Å². The lowest BCUT2D eigenvalue weighted by Crippen LogP contribution is -2.30. The van der Waals surface area contributed by atoms with Gasteiger partial charge in [-0.3, -0.25) is 4.79 Å². The van der Waals surface area contributed by atoms with Crippen LogP contribution in [0.5, 0.6) is 0 Å². The van der Waals surface area contributed by atoms with Gasteiger partial charge in [-0.15, -0.1) is 0 Å². The maximum absolute atomic E-state index is 13.4. The molecule has 0 aliphatic carbocycles. The van der Waals surface area contributed by atoms with Gasteiger partial charge in [0.15, 0.2) is 9.84 Å². The average molecular weight is 487 g/mol. The minimum Gasteiger partial charge on any atom is -0.305 e. The Hall–Kier alpha value is -3.46. The summed E-state index contributed by atoms with van der Waals surface area (Å²) >= 11 is 0. The minimum absolute atomic E-state index is 0.0279. The number of hydrogen-bond donors (Lipinski definition) is 0. The first kappa shape index (κ1) is 23.7. The molecule has 34 heavy (non-hydrogen) atoms. The highest BCUT2D eigenvalue weighted by atomic mass is 32.2. The van der Waals surface area contributed by atoms with Gasteiger partial charge in [0.2, 0.25) is 0 Å². The van der Waals surface area contributed by atoms with Gasteiger partial charge in [-0.1, -0.05) is 42.5 Å². The van der Waals surface area contributed by atoms with Gasteiger partial charge in [0, 0.05) is 12.5 Å². The number of nitrogens with zero attached hydrogens (tertiary/aromatic N) is 2. The zero-order valence-corrected chi connectivity index (χ0v) is 19.0. The van der Waals surface area contributed by atoms with Crippen molar-refractivity contribution < 1.29 is 21.6 Å². The van der Waals surface area contributed by atoms with Gasteiger partial charge in [-0.25, -0.2) is 13.4 Å². The normalized spacial score (nSPS) is 13.2. The van der Waals surface area contributed by atoms with E-state index < -0.39 is 38.8 Å². The molecule has 1 unspecified atom stereocenters. The molecule has 1 aromatic heterocycles. The summed E-state index contributed by atoms with van der Waals surface area (Å²) in [6, 6.07) is 18.9. The molecule has 4 rings (SSSR count). The molecule has 1 heterocycles. The third-order valence-electron chi connectivity index (χ3n) is 5.65. The van der Waals surface area contributed by atoms with Crippen LogP contribution in [0.25, 0.3) is 11.0 Å². The lowest BCUT2D eigenvalue weighted by atomic mass is 9.96. The first-order valence-electron chi connectivity index (χ1n) is 10.6. The van der Waals surface area contributed by atoms with Gasteiger partial charge in [0.1, 0.15) is 5.69 Å². The fraction of sp³-hybridized carbons (Fsp3) is 0.200. The van der Waals surface area contributed by atoms with Crippen LogP contribution in [0.4, 0.5) is 13.2 Å². The lowest BCUT2D eigenvalue weighted by molar-refractivity contribution is -0.137. The van der Waals surface area contributed by atoms with Gasteiger partial charge in [-0.05, 0) is 48.9 Å². The highest BCUT2D eigenvalue weighted by Crippen LogP contribution is 2.32. The van der Waals surface area contributed by atoms with Crippen molar-refractivity contribution in [3.8, 4) is 0 Å². The Balaban J connectivity index is 1.92. The van der Waals surface area contributed by atoms with Crippen molar-refractivity contribution in [2.45, 2.75) is 30.5 Å². The van der Waals surface area contributed by atoms with Crippen LogP contribution in [-0.4, -0.2) is 23.7 Å². The van der Waals surface area contributed by atoms with E-state index in [1.807, 2.05) is 0 Å². The number of hydrogen-bond acceptors (Lipinski definition) is 4. The molecule has 176 valence electrons. The van der Waals surface area contributed by atoms with Crippen LogP contribution in [0.2, 0.25) is 0 Å². The van der Waals surface area contributed by atoms with E-state index in [4.69, 9.17) is 0 Å². The van der Waals surface area contributed by atoms with Crippen LogP contribution in [0, 0.1) is 0 Å². The van der Waals surface area contributed by atoms with Gasteiger partial charge >= 0.3 is 6.18 Å². The predicted molar refractivity (Wildman–Crippen MR) is 123 cm³/mol. The van der Waals surface area contributed by atoms with Crippen LogP contribution < -0.4 is 5.56 Å². The third-order valence-corrected chi connectivity index (χ3v) is 7.42. The molecule has 0 saturated heterocycles. The third kappa shape index (κ3) is 4.61. The van der Waals surface area contributed by atoms with Crippen molar-refractivity contribution in [1.29, 1.82) is 0 Å². The first-order chi connectivity index (χ1) is 16.1. The summed E-state index contributed by atoms with van der Waals surface area (Å²) in [7, 11) is -3.89. The molecule has 0 aliphatic heterocycles. The predicted octanol–water partition coefficient (Wildman–Crippen LogP) is 5.04. The summed E-state index contributed by atoms with van der Waals surface area (Å²) in [5.74, 6) is -1.59. The van der Waals surface area contributed by atoms with Gasteiger partial charge in [-0.2, -0.15) is 13.2 Å². The number of para-hydroxylation sites is 2. The monoisotopic (exact) mass is 486 g/mol. The second-order valence-corrected chi connectivity index (χ2v) is 9.84. The molecule has 5 nitrogen and oxygen atoms in total.